The van der Waals surface area contributed by atoms with Gasteiger partial charge in [-0.1, -0.05) is 6.07 Å². The van der Waals surface area contributed by atoms with Gasteiger partial charge in [0.25, 0.3) is 0 Å². The topological polar surface area (TPSA) is 73.2 Å². The third-order valence-corrected chi connectivity index (χ3v) is 2.32. The first-order valence-corrected chi connectivity index (χ1v) is 4.36. The van der Waals surface area contributed by atoms with E-state index in [2.05, 4.69) is 4.98 Å². The van der Waals surface area contributed by atoms with Gasteiger partial charge in [-0.15, -0.1) is 0 Å². The summed E-state index contributed by atoms with van der Waals surface area (Å²) >= 11 is -2.58. The second-order valence-corrected chi connectivity index (χ2v) is 3.70. The molecular formula is C7H8NO3S-. The molecule has 0 aliphatic heterocycles. The van der Waals surface area contributed by atoms with Gasteiger partial charge in [-0.3, -0.25) is 9.19 Å². The van der Waals surface area contributed by atoms with E-state index in [4.69, 9.17) is 0 Å². The molecule has 1 N–H and O–H groups in total. The fourth-order valence-corrected chi connectivity index (χ4v) is 1.01. The molecule has 0 bridgehead atoms. The number of aliphatic hydroxyl groups is 1. The van der Waals surface area contributed by atoms with Crippen LogP contribution in [0.15, 0.2) is 24.4 Å². The van der Waals surface area contributed by atoms with Crippen LogP contribution in [0.4, 0.5) is 0 Å². The molecule has 0 fully saturated rings. The highest BCUT2D eigenvalue weighted by atomic mass is 32.2. The Bertz CT molecular complexity index is 286. The van der Waals surface area contributed by atoms with Crippen molar-refractivity contribution in [2.24, 2.45) is 0 Å². The van der Waals surface area contributed by atoms with Crippen LogP contribution in [0.3, 0.4) is 0 Å². The van der Waals surface area contributed by atoms with Gasteiger partial charge in [-0.05, 0) is 30.1 Å². The number of nitrogens with zero attached hydrogens (tertiary/aromatic N) is 1. The number of rotatable bonds is 2. The summed E-state index contributed by atoms with van der Waals surface area (Å²) in [5.74, 6) is 0. The van der Waals surface area contributed by atoms with Gasteiger partial charge in [-0.2, -0.15) is 0 Å². The highest BCUT2D eigenvalue weighted by molar-refractivity contribution is 7.79. The van der Waals surface area contributed by atoms with Crippen LogP contribution >= 0.6 is 0 Å². The summed E-state index contributed by atoms with van der Waals surface area (Å²) in [6.07, 6.45) is 1.43. The molecule has 1 rings (SSSR count). The van der Waals surface area contributed by atoms with Crippen LogP contribution in [-0.2, 0) is 16.0 Å². The SMILES string of the molecule is CC(O)(c1ccccn1)S(=O)[O-]. The Balaban J connectivity index is 3.06. The van der Waals surface area contributed by atoms with Gasteiger partial charge < -0.3 is 9.66 Å². The summed E-state index contributed by atoms with van der Waals surface area (Å²) in [6, 6.07) is 4.72. The first-order chi connectivity index (χ1) is 5.55. The smallest absolute Gasteiger partial charge is 0.165 e. The van der Waals surface area contributed by atoms with Crippen molar-refractivity contribution in [3.63, 3.8) is 0 Å². The number of hydrogen-bond acceptors (Lipinski definition) is 4. The molecule has 12 heavy (non-hydrogen) atoms. The minimum Gasteiger partial charge on any atom is -0.770 e. The molecular weight excluding hydrogens is 178 g/mol. The van der Waals surface area contributed by atoms with Crippen LogP contribution in [0.2, 0.25) is 0 Å². The molecule has 0 radical (unpaired) electrons. The normalized spacial score (nSPS) is 18.2. The van der Waals surface area contributed by atoms with Gasteiger partial charge in [0.2, 0.25) is 0 Å². The van der Waals surface area contributed by atoms with Gasteiger partial charge in [0.05, 0.1) is 5.69 Å². The van der Waals surface area contributed by atoms with Crippen LogP contribution in [-0.4, -0.2) is 18.9 Å². The lowest BCUT2D eigenvalue weighted by Gasteiger charge is -2.24. The van der Waals surface area contributed by atoms with Crippen molar-refractivity contribution >= 4 is 11.1 Å². The zero-order valence-corrected chi connectivity index (χ0v) is 7.25. The lowest BCUT2D eigenvalue weighted by atomic mass is 10.2. The lowest BCUT2D eigenvalue weighted by Crippen LogP contribution is -2.27. The summed E-state index contributed by atoms with van der Waals surface area (Å²) in [5.41, 5.74) is 0.123. The van der Waals surface area contributed by atoms with E-state index in [0.717, 1.165) is 0 Å². The predicted octanol–water partition coefficient (Wildman–Crippen LogP) is 0.126. The molecule has 0 spiro atoms. The molecule has 66 valence electrons. The van der Waals surface area contributed by atoms with Crippen LogP contribution in [0, 0.1) is 0 Å². The van der Waals surface area contributed by atoms with Gasteiger partial charge in [-0.25, -0.2) is 0 Å². The Morgan fingerprint density at radius 3 is 2.75 bits per heavy atom. The van der Waals surface area contributed by atoms with Crippen molar-refractivity contribution in [1.82, 2.24) is 4.98 Å². The second-order valence-electron chi connectivity index (χ2n) is 2.43. The first kappa shape index (κ1) is 9.31. The highest BCUT2D eigenvalue weighted by Gasteiger charge is 2.25. The third kappa shape index (κ3) is 1.69. The van der Waals surface area contributed by atoms with Crippen molar-refractivity contribution in [3.05, 3.63) is 30.1 Å². The second kappa shape index (κ2) is 3.30. The van der Waals surface area contributed by atoms with E-state index in [1.54, 1.807) is 12.1 Å². The zero-order valence-electron chi connectivity index (χ0n) is 6.43. The van der Waals surface area contributed by atoms with Crippen molar-refractivity contribution < 1.29 is 13.9 Å². The zero-order chi connectivity index (χ0) is 9.19. The Morgan fingerprint density at radius 1 is 1.67 bits per heavy atom. The maximum Gasteiger partial charge on any atom is 0.165 e. The Morgan fingerprint density at radius 2 is 2.33 bits per heavy atom. The molecule has 2 atom stereocenters. The summed E-state index contributed by atoms with van der Waals surface area (Å²) in [4.78, 5) is 1.83. The number of pyridine rings is 1. The van der Waals surface area contributed by atoms with E-state index in [0.29, 0.717) is 0 Å². The van der Waals surface area contributed by atoms with Crippen LogP contribution in [0.1, 0.15) is 12.6 Å². The van der Waals surface area contributed by atoms with E-state index >= 15 is 0 Å². The molecule has 0 saturated heterocycles. The monoisotopic (exact) mass is 186 g/mol. The number of hydrogen-bond donors (Lipinski definition) is 1. The minimum atomic E-state index is -2.58. The van der Waals surface area contributed by atoms with Gasteiger partial charge in [0.1, 0.15) is 0 Å². The van der Waals surface area contributed by atoms with Gasteiger partial charge >= 0.3 is 0 Å². The lowest BCUT2D eigenvalue weighted by molar-refractivity contribution is 0.137. The molecule has 0 saturated carbocycles. The summed E-state index contributed by atoms with van der Waals surface area (Å²) < 4.78 is 21.1. The molecule has 5 heteroatoms. The molecule has 1 aromatic rings. The van der Waals surface area contributed by atoms with Gasteiger partial charge in [0.15, 0.2) is 4.93 Å². The summed E-state index contributed by atoms with van der Waals surface area (Å²) in [7, 11) is 0. The predicted molar refractivity (Wildman–Crippen MR) is 42.7 cm³/mol. The maximum absolute atomic E-state index is 10.5. The van der Waals surface area contributed by atoms with Crippen LogP contribution in [0.25, 0.3) is 0 Å². The standard InChI is InChI=1S/C7H9NO3S/c1-7(9,12(10)11)6-4-2-3-5-8-6/h2-5,9H,1H3,(H,10,11)/p-1. The van der Waals surface area contributed by atoms with E-state index in [9.17, 15) is 13.9 Å². The summed E-state index contributed by atoms with van der Waals surface area (Å²) in [5, 5.41) is 9.39. The summed E-state index contributed by atoms with van der Waals surface area (Å²) in [6.45, 7) is 1.18. The average molecular weight is 186 g/mol. The average Bonchev–Trinajstić information content (AvgIpc) is 2.06. The van der Waals surface area contributed by atoms with E-state index < -0.39 is 16.0 Å². The van der Waals surface area contributed by atoms with Crippen molar-refractivity contribution in [2.75, 3.05) is 0 Å². The minimum absolute atomic E-state index is 0.123. The maximum atomic E-state index is 10.5. The van der Waals surface area contributed by atoms with E-state index in [1.807, 2.05) is 0 Å². The van der Waals surface area contributed by atoms with Crippen LogP contribution in [0.5, 0.6) is 0 Å². The Hall–Kier alpha value is -0.780. The van der Waals surface area contributed by atoms with E-state index in [1.165, 1.54) is 19.2 Å². The quantitative estimate of drug-likeness (QED) is 0.666. The molecule has 1 heterocycles. The van der Waals surface area contributed by atoms with Crippen LogP contribution < -0.4 is 0 Å². The molecule has 1 aromatic heterocycles. The molecule has 0 aliphatic carbocycles. The van der Waals surface area contributed by atoms with Gasteiger partial charge in [0, 0.05) is 6.20 Å². The van der Waals surface area contributed by atoms with Crippen molar-refractivity contribution in [1.29, 1.82) is 0 Å². The largest absolute Gasteiger partial charge is 0.770 e. The van der Waals surface area contributed by atoms with E-state index in [-0.39, 0.29) is 5.69 Å². The molecule has 0 amide bonds. The number of aromatic nitrogens is 1. The fourth-order valence-electron chi connectivity index (χ4n) is 0.723. The Kier molecular flexibility index (Phi) is 2.56. The molecule has 2 unspecified atom stereocenters. The third-order valence-electron chi connectivity index (χ3n) is 1.46. The highest BCUT2D eigenvalue weighted by Crippen LogP contribution is 2.20. The Labute approximate surface area is 72.6 Å². The molecule has 0 aromatic carbocycles. The fraction of sp³-hybridized carbons (Fsp3) is 0.286. The molecule has 4 nitrogen and oxygen atoms in total. The molecule has 0 aliphatic rings. The first-order valence-electron chi connectivity index (χ1n) is 3.28. The van der Waals surface area contributed by atoms with Crippen molar-refractivity contribution in [2.45, 2.75) is 11.9 Å². The van der Waals surface area contributed by atoms with Crippen molar-refractivity contribution in [3.8, 4) is 0 Å².